The molecule has 2 aromatic rings. The Balaban J connectivity index is 2.10. The van der Waals surface area contributed by atoms with Crippen LogP contribution in [0, 0.1) is 6.92 Å². The van der Waals surface area contributed by atoms with Crippen molar-refractivity contribution in [3.05, 3.63) is 41.7 Å². The molecule has 0 unspecified atom stereocenters. The Kier molecular flexibility index (Phi) is 4.43. The van der Waals surface area contributed by atoms with E-state index in [-0.39, 0.29) is 0 Å². The van der Waals surface area contributed by atoms with E-state index in [0.717, 1.165) is 24.3 Å². The van der Waals surface area contributed by atoms with Gasteiger partial charge in [-0.05, 0) is 44.0 Å². The van der Waals surface area contributed by atoms with E-state index in [2.05, 4.69) is 63.4 Å². The molecular weight excluding hydrogens is 234 g/mol. The largest absolute Gasteiger partial charge is 0.456 e. The topological polar surface area (TPSA) is 25.2 Å². The van der Waals surface area contributed by atoms with Crippen LogP contribution in [-0.4, -0.2) is 12.6 Å². The van der Waals surface area contributed by atoms with Crippen molar-refractivity contribution < 1.29 is 4.42 Å². The van der Waals surface area contributed by atoms with Gasteiger partial charge >= 0.3 is 0 Å². The molecule has 0 saturated carbocycles. The number of hydrogen-bond acceptors (Lipinski definition) is 2. The van der Waals surface area contributed by atoms with Crippen LogP contribution in [0.25, 0.3) is 16.5 Å². The van der Waals surface area contributed by atoms with Crippen molar-refractivity contribution in [1.82, 2.24) is 5.32 Å². The number of rotatable bonds is 5. The summed E-state index contributed by atoms with van der Waals surface area (Å²) in [6.45, 7) is 9.54. The smallest absolute Gasteiger partial charge is 0.137 e. The molecule has 0 bridgehead atoms. The highest BCUT2D eigenvalue weighted by Crippen LogP contribution is 2.26. The molecule has 0 spiro atoms. The number of para-hydroxylation sites is 1. The van der Waals surface area contributed by atoms with E-state index in [9.17, 15) is 0 Å². The van der Waals surface area contributed by atoms with Crippen LogP contribution in [0.4, 0.5) is 0 Å². The Morgan fingerprint density at radius 3 is 2.84 bits per heavy atom. The minimum absolute atomic E-state index is 0.544. The minimum Gasteiger partial charge on any atom is -0.456 e. The Hall–Kier alpha value is -1.54. The van der Waals surface area contributed by atoms with Gasteiger partial charge in [-0.15, -0.1) is 0 Å². The maximum atomic E-state index is 5.95. The summed E-state index contributed by atoms with van der Waals surface area (Å²) in [5.74, 6) is 0.980. The van der Waals surface area contributed by atoms with Crippen molar-refractivity contribution in [3.63, 3.8) is 0 Å². The van der Waals surface area contributed by atoms with Crippen molar-refractivity contribution in [3.8, 4) is 0 Å². The molecule has 0 saturated heterocycles. The number of allylic oxidation sites excluding steroid dienone is 1. The quantitative estimate of drug-likeness (QED) is 0.796. The minimum atomic E-state index is 0.544. The first-order valence-electron chi connectivity index (χ1n) is 6.97. The molecule has 2 nitrogen and oxygen atoms in total. The van der Waals surface area contributed by atoms with E-state index in [4.69, 9.17) is 4.42 Å². The van der Waals surface area contributed by atoms with Gasteiger partial charge in [-0.25, -0.2) is 0 Å². The fraction of sp³-hybridized carbons (Fsp3) is 0.412. The molecule has 0 amide bonds. The summed E-state index contributed by atoms with van der Waals surface area (Å²) < 4.78 is 5.95. The molecule has 102 valence electrons. The van der Waals surface area contributed by atoms with Crippen LogP contribution in [0.5, 0.6) is 0 Å². The van der Waals surface area contributed by atoms with Crippen LogP contribution in [0.15, 0.2) is 34.8 Å². The molecule has 0 atom stereocenters. The molecular formula is C17H23NO. The number of benzene rings is 1. The maximum Gasteiger partial charge on any atom is 0.137 e. The lowest BCUT2D eigenvalue weighted by Gasteiger charge is -2.05. The molecule has 1 aromatic carbocycles. The van der Waals surface area contributed by atoms with Crippen LogP contribution in [0.3, 0.4) is 0 Å². The van der Waals surface area contributed by atoms with Gasteiger partial charge in [-0.3, -0.25) is 0 Å². The summed E-state index contributed by atoms with van der Waals surface area (Å²) in [6, 6.07) is 8.93. The van der Waals surface area contributed by atoms with Gasteiger partial charge in [0.25, 0.3) is 0 Å². The molecule has 2 heteroatoms. The summed E-state index contributed by atoms with van der Waals surface area (Å²) >= 11 is 0. The fourth-order valence-electron chi connectivity index (χ4n) is 2.16. The average Bonchev–Trinajstić information content (AvgIpc) is 2.79. The summed E-state index contributed by atoms with van der Waals surface area (Å²) in [6.07, 6.45) is 3.27. The maximum absolute atomic E-state index is 5.95. The molecule has 0 aliphatic carbocycles. The number of nitrogens with one attached hydrogen (secondary N) is 1. The zero-order chi connectivity index (χ0) is 13.8. The molecule has 1 aromatic heterocycles. The first kappa shape index (κ1) is 13.9. The van der Waals surface area contributed by atoms with E-state index in [1.165, 1.54) is 16.5 Å². The van der Waals surface area contributed by atoms with Crippen LogP contribution < -0.4 is 5.32 Å². The Labute approximate surface area is 115 Å². The molecule has 0 fully saturated rings. The predicted molar refractivity (Wildman–Crippen MR) is 82.4 cm³/mol. The SMILES string of the molecule is C/C(=C/CCNC(C)C)c1cc2cccc(C)c2o1. The molecule has 0 radical (unpaired) electrons. The highest BCUT2D eigenvalue weighted by molar-refractivity contribution is 5.84. The van der Waals surface area contributed by atoms with Gasteiger partial charge in [-0.1, -0.05) is 38.1 Å². The summed E-state index contributed by atoms with van der Waals surface area (Å²) in [5, 5.41) is 4.60. The third-order valence-corrected chi connectivity index (χ3v) is 3.28. The van der Waals surface area contributed by atoms with Crippen LogP contribution >= 0.6 is 0 Å². The van der Waals surface area contributed by atoms with E-state index in [0.29, 0.717) is 6.04 Å². The Bertz CT molecular complexity index is 578. The van der Waals surface area contributed by atoms with E-state index in [1.54, 1.807) is 0 Å². The predicted octanol–water partition coefficient (Wildman–Crippen LogP) is 4.53. The fourth-order valence-corrected chi connectivity index (χ4v) is 2.16. The lowest BCUT2D eigenvalue weighted by Crippen LogP contribution is -2.23. The lowest BCUT2D eigenvalue weighted by atomic mass is 10.1. The number of furan rings is 1. The van der Waals surface area contributed by atoms with Gasteiger partial charge in [0.05, 0.1) is 0 Å². The molecule has 1 N–H and O–H groups in total. The molecule has 2 rings (SSSR count). The first-order valence-corrected chi connectivity index (χ1v) is 6.97. The molecule has 19 heavy (non-hydrogen) atoms. The molecule has 1 heterocycles. The van der Waals surface area contributed by atoms with E-state index >= 15 is 0 Å². The second-order valence-corrected chi connectivity index (χ2v) is 5.39. The Morgan fingerprint density at radius 2 is 2.16 bits per heavy atom. The third-order valence-electron chi connectivity index (χ3n) is 3.28. The standard InChI is InChI=1S/C17H23NO/c1-12(2)18-10-6-8-13(3)16-11-15-9-5-7-14(4)17(15)19-16/h5,7-9,11-12,18H,6,10H2,1-4H3/b13-8-. The number of hydrogen-bond donors (Lipinski definition) is 1. The average molecular weight is 257 g/mol. The van der Waals surface area contributed by atoms with Crippen molar-refractivity contribution in [2.45, 2.75) is 40.2 Å². The number of aryl methyl sites for hydroxylation is 1. The molecule has 0 aliphatic heterocycles. The zero-order valence-electron chi connectivity index (χ0n) is 12.3. The van der Waals surface area contributed by atoms with Gasteiger partial charge in [0.15, 0.2) is 0 Å². The summed E-state index contributed by atoms with van der Waals surface area (Å²) in [7, 11) is 0. The summed E-state index contributed by atoms with van der Waals surface area (Å²) in [5.41, 5.74) is 3.41. The monoisotopic (exact) mass is 257 g/mol. The Morgan fingerprint density at radius 1 is 1.37 bits per heavy atom. The second-order valence-electron chi connectivity index (χ2n) is 5.39. The van der Waals surface area contributed by atoms with Crippen LogP contribution in [0.2, 0.25) is 0 Å². The van der Waals surface area contributed by atoms with Crippen LogP contribution in [0.1, 0.15) is 38.5 Å². The van der Waals surface area contributed by atoms with Crippen molar-refractivity contribution in [1.29, 1.82) is 0 Å². The summed E-state index contributed by atoms with van der Waals surface area (Å²) in [4.78, 5) is 0. The van der Waals surface area contributed by atoms with Gasteiger partial charge in [0.1, 0.15) is 11.3 Å². The van der Waals surface area contributed by atoms with Gasteiger partial charge in [-0.2, -0.15) is 0 Å². The lowest BCUT2D eigenvalue weighted by molar-refractivity contribution is 0.590. The van der Waals surface area contributed by atoms with Crippen molar-refractivity contribution in [2.24, 2.45) is 0 Å². The normalized spacial score (nSPS) is 12.6. The third kappa shape index (κ3) is 3.48. The van der Waals surface area contributed by atoms with Crippen molar-refractivity contribution in [2.75, 3.05) is 6.54 Å². The highest BCUT2D eigenvalue weighted by atomic mass is 16.3. The first-order chi connectivity index (χ1) is 9.08. The number of fused-ring (bicyclic) bond motifs is 1. The second kappa shape index (κ2) is 6.07. The zero-order valence-corrected chi connectivity index (χ0v) is 12.3. The van der Waals surface area contributed by atoms with E-state index in [1.807, 2.05) is 0 Å². The van der Waals surface area contributed by atoms with Crippen molar-refractivity contribution >= 4 is 16.5 Å². The highest BCUT2D eigenvalue weighted by Gasteiger charge is 2.06. The van der Waals surface area contributed by atoms with Gasteiger partial charge < -0.3 is 9.73 Å². The van der Waals surface area contributed by atoms with E-state index < -0.39 is 0 Å². The van der Waals surface area contributed by atoms with Gasteiger partial charge in [0.2, 0.25) is 0 Å². The van der Waals surface area contributed by atoms with Gasteiger partial charge in [0, 0.05) is 11.4 Å². The molecule has 0 aliphatic rings. The van der Waals surface area contributed by atoms with Crippen LogP contribution in [-0.2, 0) is 0 Å².